The van der Waals surface area contributed by atoms with Gasteiger partial charge < -0.3 is 24.4 Å². The third kappa shape index (κ3) is 6.36. The summed E-state index contributed by atoms with van der Waals surface area (Å²) in [6.07, 6.45) is -2.35. The summed E-state index contributed by atoms with van der Waals surface area (Å²) in [5.41, 5.74) is 2.77. The van der Waals surface area contributed by atoms with Gasteiger partial charge in [-0.2, -0.15) is 0 Å². The molecule has 0 aliphatic carbocycles. The van der Waals surface area contributed by atoms with Crippen molar-refractivity contribution in [2.45, 2.75) is 78.5 Å². The van der Waals surface area contributed by atoms with Gasteiger partial charge in [0.1, 0.15) is 37.1 Å². The predicted octanol–water partition coefficient (Wildman–Crippen LogP) is 3.81. The van der Waals surface area contributed by atoms with E-state index in [1.54, 1.807) is 24.3 Å². The molecule has 214 valence electrons. The highest BCUT2D eigenvalue weighted by Gasteiger charge is 2.51. The Balaban J connectivity index is 1.57. The van der Waals surface area contributed by atoms with Gasteiger partial charge in [0.25, 0.3) is 0 Å². The molecule has 0 spiro atoms. The fourth-order valence-electron chi connectivity index (χ4n) is 5.09. The van der Waals surface area contributed by atoms with Crippen LogP contribution in [0.1, 0.15) is 66.0 Å². The van der Waals surface area contributed by atoms with Crippen molar-refractivity contribution in [2.24, 2.45) is 11.8 Å². The van der Waals surface area contributed by atoms with Gasteiger partial charge in [-0.1, -0.05) is 63.1 Å². The van der Waals surface area contributed by atoms with E-state index in [2.05, 4.69) is 5.32 Å². The van der Waals surface area contributed by atoms with Crippen LogP contribution in [0.5, 0.6) is 0 Å². The zero-order valence-electron chi connectivity index (χ0n) is 23.9. The Bertz CT molecular complexity index is 1240. The number of carbonyl (C=O) groups excluding carboxylic acids is 4. The van der Waals surface area contributed by atoms with Crippen LogP contribution in [0.3, 0.4) is 0 Å². The molecule has 2 amide bonds. The first-order valence-electron chi connectivity index (χ1n) is 13.8. The van der Waals surface area contributed by atoms with Crippen LogP contribution >= 0.6 is 0 Å². The third-order valence-corrected chi connectivity index (χ3v) is 7.39. The van der Waals surface area contributed by atoms with E-state index in [1.165, 1.54) is 4.90 Å². The van der Waals surface area contributed by atoms with Crippen molar-refractivity contribution in [3.63, 3.8) is 0 Å². The van der Waals surface area contributed by atoms with Crippen molar-refractivity contribution in [2.75, 3.05) is 6.61 Å². The highest BCUT2D eigenvalue weighted by molar-refractivity contribution is 5.97. The van der Waals surface area contributed by atoms with Gasteiger partial charge in [0.05, 0.1) is 11.1 Å². The van der Waals surface area contributed by atoms with Gasteiger partial charge in [-0.15, -0.1) is 0 Å². The summed E-state index contributed by atoms with van der Waals surface area (Å²) in [5, 5.41) is 2.85. The third-order valence-electron chi connectivity index (χ3n) is 7.39. The highest BCUT2D eigenvalue weighted by atomic mass is 16.6. The molecule has 2 fully saturated rings. The standard InChI is InChI=1S/C31H38N2O7/c1-17(2)26-29(35)33(27(18(3)4)28(34)32-26)25-15-23(40-31(37)22-13-9-20(6)10-14-22)24(39-25)16-38-30(36)21-11-7-19(5)8-12-21/h7-14,17-18,23-27H,15-16H2,1-6H3,(H,32,34)/t23-,24+,25+,26-,27-/m0/s1. The first-order chi connectivity index (χ1) is 19.0. The lowest BCUT2D eigenvalue weighted by Gasteiger charge is -2.44. The molecule has 2 aliphatic heterocycles. The van der Waals surface area contributed by atoms with Crippen LogP contribution in [0, 0.1) is 25.7 Å². The van der Waals surface area contributed by atoms with E-state index in [9.17, 15) is 19.2 Å². The maximum absolute atomic E-state index is 13.6. The highest BCUT2D eigenvalue weighted by Crippen LogP contribution is 2.33. The van der Waals surface area contributed by atoms with E-state index in [0.717, 1.165) is 11.1 Å². The number of nitrogens with one attached hydrogen (secondary N) is 1. The zero-order chi connectivity index (χ0) is 29.1. The van der Waals surface area contributed by atoms with E-state index in [0.29, 0.717) is 11.1 Å². The lowest BCUT2D eigenvalue weighted by Crippen LogP contribution is -2.68. The van der Waals surface area contributed by atoms with Crippen molar-refractivity contribution in [1.29, 1.82) is 0 Å². The molecule has 0 unspecified atom stereocenters. The second-order valence-corrected chi connectivity index (χ2v) is 11.3. The number of benzene rings is 2. The molecular weight excluding hydrogens is 512 g/mol. The van der Waals surface area contributed by atoms with Gasteiger partial charge in [0.2, 0.25) is 11.8 Å². The first kappa shape index (κ1) is 29.3. The SMILES string of the molecule is Cc1ccc(C(=O)OC[C@H]2O[C@@H](N3C(=O)[C@H](C(C)C)NC(=O)[C@@H]3C(C)C)C[C@@H]2OC(=O)c2ccc(C)cc2)cc1. The minimum absolute atomic E-state index is 0.130. The van der Waals surface area contributed by atoms with Gasteiger partial charge in [-0.3, -0.25) is 9.59 Å². The fourth-order valence-corrected chi connectivity index (χ4v) is 5.09. The molecule has 40 heavy (non-hydrogen) atoms. The molecule has 0 saturated carbocycles. The summed E-state index contributed by atoms with van der Waals surface area (Å²) in [5.74, 6) is -1.91. The van der Waals surface area contributed by atoms with Crippen LogP contribution in [-0.4, -0.2) is 65.8 Å². The molecule has 9 nitrogen and oxygen atoms in total. The van der Waals surface area contributed by atoms with Crippen LogP contribution in [0.25, 0.3) is 0 Å². The van der Waals surface area contributed by atoms with Crippen molar-refractivity contribution in [3.8, 4) is 0 Å². The Morgan fingerprint density at radius 1 is 0.900 bits per heavy atom. The zero-order valence-corrected chi connectivity index (χ0v) is 23.9. The largest absolute Gasteiger partial charge is 0.459 e. The van der Waals surface area contributed by atoms with Gasteiger partial charge in [0, 0.05) is 6.42 Å². The van der Waals surface area contributed by atoms with Crippen molar-refractivity contribution in [1.82, 2.24) is 10.2 Å². The lowest BCUT2D eigenvalue weighted by molar-refractivity contribution is -0.170. The Hall–Kier alpha value is -3.72. The van der Waals surface area contributed by atoms with E-state index in [-0.39, 0.29) is 36.7 Å². The summed E-state index contributed by atoms with van der Waals surface area (Å²) in [7, 11) is 0. The Morgan fingerprint density at radius 2 is 1.45 bits per heavy atom. The summed E-state index contributed by atoms with van der Waals surface area (Å²) in [4.78, 5) is 54.0. The molecule has 0 radical (unpaired) electrons. The second kappa shape index (κ2) is 12.2. The molecule has 2 aliphatic rings. The van der Waals surface area contributed by atoms with E-state index in [4.69, 9.17) is 14.2 Å². The van der Waals surface area contributed by atoms with Crippen LogP contribution < -0.4 is 5.32 Å². The summed E-state index contributed by atoms with van der Waals surface area (Å²) >= 11 is 0. The average molecular weight is 551 g/mol. The number of nitrogens with zero attached hydrogens (tertiary/aromatic N) is 1. The molecule has 5 atom stereocenters. The van der Waals surface area contributed by atoms with Crippen LogP contribution in [0.4, 0.5) is 0 Å². The summed E-state index contributed by atoms with van der Waals surface area (Å²) in [6, 6.07) is 12.5. The molecule has 2 aromatic carbocycles. The molecule has 2 aromatic rings. The quantitative estimate of drug-likeness (QED) is 0.498. The Morgan fingerprint density at radius 3 is 1.98 bits per heavy atom. The predicted molar refractivity (Wildman–Crippen MR) is 147 cm³/mol. The van der Waals surface area contributed by atoms with E-state index >= 15 is 0 Å². The van der Waals surface area contributed by atoms with Gasteiger partial charge >= 0.3 is 11.9 Å². The first-order valence-corrected chi connectivity index (χ1v) is 13.8. The smallest absolute Gasteiger partial charge is 0.338 e. The van der Waals surface area contributed by atoms with E-state index in [1.807, 2.05) is 65.8 Å². The molecule has 0 aromatic heterocycles. The topological polar surface area (TPSA) is 111 Å². The number of rotatable bonds is 8. The van der Waals surface area contributed by atoms with Crippen LogP contribution in [-0.2, 0) is 23.8 Å². The molecule has 4 rings (SSSR count). The molecular formula is C31H38N2O7. The van der Waals surface area contributed by atoms with Crippen molar-refractivity contribution in [3.05, 3.63) is 70.8 Å². The number of hydrogen-bond acceptors (Lipinski definition) is 7. The number of hydrogen-bond donors (Lipinski definition) is 1. The monoisotopic (exact) mass is 550 g/mol. The van der Waals surface area contributed by atoms with Crippen LogP contribution in [0.15, 0.2) is 48.5 Å². The van der Waals surface area contributed by atoms with E-state index < -0.39 is 42.5 Å². The number of carbonyl (C=O) groups is 4. The molecule has 9 heteroatoms. The lowest BCUT2D eigenvalue weighted by atomic mass is 9.92. The van der Waals surface area contributed by atoms with Crippen LogP contribution in [0.2, 0.25) is 0 Å². The normalized spacial score (nSPS) is 24.8. The molecule has 1 N–H and O–H groups in total. The van der Waals surface area contributed by atoms with Gasteiger partial charge in [-0.25, -0.2) is 9.59 Å². The Kier molecular flexibility index (Phi) is 8.93. The Labute approximate surface area is 235 Å². The number of piperazine rings is 1. The second-order valence-electron chi connectivity index (χ2n) is 11.3. The molecule has 2 saturated heterocycles. The van der Waals surface area contributed by atoms with Gasteiger partial charge in [0.15, 0.2) is 0 Å². The summed E-state index contributed by atoms with van der Waals surface area (Å²) < 4.78 is 17.7. The molecule has 0 bridgehead atoms. The minimum Gasteiger partial charge on any atom is -0.459 e. The van der Waals surface area contributed by atoms with Crippen molar-refractivity contribution >= 4 is 23.8 Å². The fraction of sp³-hybridized carbons (Fsp3) is 0.484. The number of ether oxygens (including phenoxy) is 3. The maximum Gasteiger partial charge on any atom is 0.338 e. The number of amides is 2. The number of esters is 2. The molecule has 2 heterocycles. The number of aryl methyl sites for hydroxylation is 2. The maximum atomic E-state index is 13.6. The minimum atomic E-state index is -0.842. The average Bonchev–Trinajstić information content (AvgIpc) is 3.30. The van der Waals surface area contributed by atoms with Crippen molar-refractivity contribution < 1.29 is 33.4 Å². The van der Waals surface area contributed by atoms with Gasteiger partial charge in [-0.05, 0) is 49.9 Å². The summed E-state index contributed by atoms with van der Waals surface area (Å²) in [6.45, 7) is 11.1.